The molecule has 4 heteroatoms. The summed E-state index contributed by atoms with van der Waals surface area (Å²) in [5.41, 5.74) is 3.95. The third-order valence-corrected chi connectivity index (χ3v) is 4.66. The zero-order valence-corrected chi connectivity index (χ0v) is 13.8. The second kappa shape index (κ2) is 6.27. The normalized spacial score (nSPS) is 17.9. The van der Waals surface area contributed by atoms with Crippen molar-refractivity contribution < 1.29 is 4.79 Å². The first-order valence-electron chi connectivity index (χ1n) is 7.77. The summed E-state index contributed by atoms with van der Waals surface area (Å²) in [6.45, 7) is 5.07. The lowest BCUT2D eigenvalue weighted by Gasteiger charge is -2.11. The number of hydrogen-bond acceptors (Lipinski definition) is 2. The van der Waals surface area contributed by atoms with Gasteiger partial charge in [-0.25, -0.2) is 0 Å². The molecule has 116 valence electrons. The Morgan fingerprint density at radius 1 is 1.32 bits per heavy atom. The van der Waals surface area contributed by atoms with E-state index in [9.17, 15) is 4.79 Å². The number of carbonyl (C=O) groups is 1. The molecule has 3 nitrogen and oxygen atoms in total. The van der Waals surface area contributed by atoms with Crippen molar-refractivity contribution in [2.45, 2.75) is 39.2 Å². The zero-order valence-electron chi connectivity index (χ0n) is 13.0. The van der Waals surface area contributed by atoms with Crippen LogP contribution in [0.25, 0.3) is 5.69 Å². The number of nitrogens with one attached hydrogen (secondary N) is 1. The molecule has 0 amide bonds. The molecule has 1 atom stereocenters. The average Bonchev–Trinajstić information content (AvgIpc) is 3.09. The van der Waals surface area contributed by atoms with Crippen molar-refractivity contribution in [2.75, 3.05) is 6.54 Å². The van der Waals surface area contributed by atoms with Crippen molar-refractivity contribution in [1.29, 1.82) is 0 Å². The number of rotatable bonds is 4. The van der Waals surface area contributed by atoms with E-state index in [4.69, 9.17) is 11.6 Å². The second-order valence-electron chi connectivity index (χ2n) is 6.02. The smallest absolute Gasteiger partial charge is 0.166 e. The fourth-order valence-corrected chi connectivity index (χ4v) is 3.42. The van der Waals surface area contributed by atoms with Crippen LogP contribution in [0.3, 0.4) is 0 Å². The van der Waals surface area contributed by atoms with Crippen molar-refractivity contribution in [1.82, 2.24) is 9.88 Å². The number of halogens is 1. The minimum atomic E-state index is 0.229. The summed E-state index contributed by atoms with van der Waals surface area (Å²) in [5, 5.41) is 4.11. The van der Waals surface area contributed by atoms with Gasteiger partial charge in [-0.1, -0.05) is 11.6 Å². The first-order valence-corrected chi connectivity index (χ1v) is 8.15. The number of ketones is 1. The molecule has 0 saturated carbocycles. The average molecular weight is 317 g/mol. The van der Waals surface area contributed by atoms with Gasteiger partial charge in [0.05, 0.1) is 0 Å². The van der Waals surface area contributed by atoms with E-state index in [1.807, 2.05) is 44.2 Å². The van der Waals surface area contributed by atoms with Gasteiger partial charge in [0.1, 0.15) is 0 Å². The fraction of sp³-hybridized carbons (Fsp3) is 0.389. The van der Waals surface area contributed by atoms with E-state index in [1.54, 1.807) is 0 Å². The first-order chi connectivity index (χ1) is 10.6. The summed E-state index contributed by atoms with van der Waals surface area (Å²) in [7, 11) is 0. The van der Waals surface area contributed by atoms with Gasteiger partial charge >= 0.3 is 0 Å². The highest BCUT2D eigenvalue weighted by atomic mass is 35.5. The zero-order chi connectivity index (χ0) is 15.7. The molecule has 0 bridgehead atoms. The van der Waals surface area contributed by atoms with Crippen LogP contribution in [0.4, 0.5) is 0 Å². The van der Waals surface area contributed by atoms with Crippen LogP contribution in [0.15, 0.2) is 30.3 Å². The highest BCUT2D eigenvalue weighted by Gasteiger charge is 2.22. The Bertz CT molecular complexity index is 682. The van der Waals surface area contributed by atoms with Crippen LogP contribution in [0, 0.1) is 13.8 Å². The standard InChI is InChI=1S/C18H21ClN2O/c1-12-10-17(18(22)11-15-4-3-9-20-15)13(2)21(12)16-7-5-14(19)6-8-16/h5-8,10,15,20H,3-4,9,11H2,1-2H3. The van der Waals surface area contributed by atoms with Crippen molar-refractivity contribution in [3.8, 4) is 5.69 Å². The van der Waals surface area contributed by atoms with E-state index < -0.39 is 0 Å². The van der Waals surface area contributed by atoms with Crippen LogP contribution in [0.1, 0.15) is 41.0 Å². The van der Waals surface area contributed by atoms with E-state index in [0.717, 1.165) is 40.6 Å². The monoisotopic (exact) mass is 316 g/mol. The van der Waals surface area contributed by atoms with Gasteiger partial charge in [0.25, 0.3) is 0 Å². The lowest BCUT2D eigenvalue weighted by atomic mass is 10.0. The Labute approximate surface area is 136 Å². The van der Waals surface area contributed by atoms with E-state index in [1.165, 1.54) is 6.42 Å². The molecule has 2 heterocycles. The predicted molar refractivity (Wildman–Crippen MR) is 90.2 cm³/mol. The molecule has 1 fully saturated rings. The topological polar surface area (TPSA) is 34.0 Å². The molecule has 0 aliphatic carbocycles. The summed E-state index contributed by atoms with van der Waals surface area (Å²) in [4.78, 5) is 12.6. The maximum atomic E-state index is 12.6. The third-order valence-electron chi connectivity index (χ3n) is 4.41. The van der Waals surface area contributed by atoms with Crippen LogP contribution in [-0.4, -0.2) is 22.9 Å². The fourth-order valence-electron chi connectivity index (χ4n) is 3.30. The molecule has 22 heavy (non-hydrogen) atoms. The largest absolute Gasteiger partial charge is 0.318 e. The van der Waals surface area contributed by atoms with E-state index >= 15 is 0 Å². The molecule has 0 radical (unpaired) electrons. The molecule has 3 rings (SSSR count). The summed E-state index contributed by atoms with van der Waals surface area (Å²) >= 11 is 5.96. The van der Waals surface area contributed by atoms with Crippen LogP contribution >= 0.6 is 11.6 Å². The molecule has 1 N–H and O–H groups in total. The highest BCUT2D eigenvalue weighted by Crippen LogP contribution is 2.24. The molecule has 1 aliphatic rings. The van der Waals surface area contributed by atoms with Crippen LogP contribution < -0.4 is 5.32 Å². The Morgan fingerprint density at radius 3 is 2.68 bits per heavy atom. The quantitative estimate of drug-likeness (QED) is 0.863. The van der Waals surface area contributed by atoms with Crippen LogP contribution in [0.2, 0.25) is 5.02 Å². The maximum absolute atomic E-state index is 12.6. The Balaban J connectivity index is 1.89. The Morgan fingerprint density at radius 2 is 2.05 bits per heavy atom. The SMILES string of the molecule is Cc1cc(C(=O)CC2CCCN2)c(C)n1-c1ccc(Cl)cc1. The molecule has 1 unspecified atom stereocenters. The predicted octanol–water partition coefficient (Wildman–Crippen LogP) is 4.07. The third kappa shape index (κ3) is 2.96. The minimum Gasteiger partial charge on any atom is -0.318 e. The van der Waals surface area contributed by atoms with Crippen LogP contribution in [0.5, 0.6) is 0 Å². The number of benzene rings is 1. The van der Waals surface area contributed by atoms with E-state index in [-0.39, 0.29) is 5.78 Å². The minimum absolute atomic E-state index is 0.229. The van der Waals surface area contributed by atoms with E-state index in [2.05, 4.69) is 9.88 Å². The number of aryl methyl sites for hydroxylation is 1. The second-order valence-corrected chi connectivity index (χ2v) is 6.45. The number of nitrogens with zero attached hydrogens (tertiary/aromatic N) is 1. The molecular weight excluding hydrogens is 296 g/mol. The highest BCUT2D eigenvalue weighted by molar-refractivity contribution is 6.30. The summed E-state index contributed by atoms with van der Waals surface area (Å²) < 4.78 is 2.12. The molecular formula is C18H21ClN2O. The van der Waals surface area contributed by atoms with Crippen LogP contribution in [-0.2, 0) is 0 Å². The summed E-state index contributed by atoms with van der Waals surface area (Å²) in [6.07, 6.45) is 2.86. The van der Waals surface area contributed by atoms with Gasteiger partial charge < -0.3 is 9.88 Å². The van der Waals surface area contributed by atoms with Crippen molar-refractivity contribution in [3.63, 3.8) is 0 Å². The van der Waals surface area contributed by atoms with Gasteiger partial charge in [-0.15, -0.1) is 0 Å². The van der Waals surface area contributed by atoms with Crippen molar-refractivity contribution >= 4 is 17.4 Å². The maximum Gasteiger partial charge on any atom is 0.166 e. The Hall–Kier alpha value is -1.58. The molecule has 2 aromatic rings. The van der Waals surface area contributed by atoms with Gasteiger partial charge in [-0.2, -0.15) is 0 Å². The lowest BCUT2D eigenvalue weighted by molar-refractivity contribution is 0.0971. The van der Waals surface area contributed by atoms with Crippen molar-refractivity contribution in [3.05, 3.63) is 52.3 Å². The van der Waals surface area contributed by atoms with Gasteiger partial charge in [0.15, 0.2) is 5.78 Å². The first kappa shape index (κ1) is 15.3. The molecule has 0 spiro atoms. The molecule has 1 aromatic carbocycles. The van der Waals surface area contributed by atoms with E-state index in [0.29, 0.717) is 12.5 Å². The number of aromatic nitrogens is 1. The molecule has 1 aromatic heterocycles. The van der Waals surface area contributed by atoms with Gasteiger partial charge in [0.2, 0.25) is 0 Å². The summed E-state index contributed by atoms with van der Waals surface area (Å²) in [6, 6.07) is 10.1. The van der Waals surface area contributed by atoms with Gasteiger partial charge in [-0.05, 0) is 63.6 Å². The lowest BCUT2D eigenvalue weighted by Crippen LogP contribution is -2.24. The Kier molecular flexibility index (Phi) is 4.37. The number of carbonyl (C=O) groups excluding carboxylic acids is 1. The van der Waals surface area contributed by atoms with Gasteiger partial charge in [0, 0.05) is 40.1 Å². The number of Topliss-reactive ketones (excluding diaryl/α,β-unsaturated/α-hetero) is 1. The number of hydrogen-bond donors (Lipinski definition) is 1. The van der Waals surface area contributed by atoms with Crippen molar-refractivity contribution in [2.24, 2.45) is 0 Å². The molecule has 1 saturated heterocycles. The molecule has 1 aliphatic heterocycles. The summed E-state index contributed by atoms with van der Waals surface area (Å²) in [5.74, 6) is 0.229. The van der Waals surface area contributed by atoms with Gasteiger partial charge in [-0.3, -0.25) is 4.79 Å².